The van der Waals surface area contributed by atoms with E-state index >= 15 is 0 Å². The summed E-state index contributed by atoms with van der Waals surface area (Å²) in [4.78, 5) is 7.13. The highest BCUT2D eigenvalue weighted by Crippen LogP contribution is 2.29. The van der Waals surface area contributed by atoms with Crippen LogP contribution in [0, 0.1) is 0 Å². The van der Waals surface area contributed by atoms with E-state index in [2.05, 4.69) is 51.5 Å². The van der Waals surface area contributed by atoms with Gasteiger partial charge < -0.3 is 9.84 Å². The standard InChI is InChI=1S/C17H24N4OS/c1-13(18-2)12-15-19-17(22-20-15)16(14-6-4-3-5-7-14)21-8-10-23-11-9-21/h3-7,13,16,18H,8-12H2,1-2H3. The van der Waals surface area contributed by atoms with E-state index in [0.717, 1.165) is 36.8 Å². The van der Waals surface area contributed by atoms with E-state index in [-0.39, 0.29) is 6.04 Å². The zero-order chi connectivity index (χ0) is 16.1. The molecule has 0 saturated carbocycles. The molecular formula is C17H24N4OS. The van der Waals surface area contributed by atoms with Gasteiger partial charge in [0.15, 0.2) is 5.82 Å². The lowest BCUT2D eigenvalue weighted by Crippen LogP contribution is -2.36. The Balaban J connectivity index is 1.86. The minimum atomic E-state index is 0.0586. The first kappa shape index (κ1) is 16.5. The van der Waals surface area contributed by atoms with Gasteiger partial charge in [-0.1, -0.05) is 35.5 Å². The van der Waals surface area contributed by atoms with Crippen LogP contribution in [0.5, 0.6) is 0 Å². The van der Waals surface area contributed by atoms with Crippen LogP contribution in [-0.2, 0) is 6.42 Å². The number of likely N-dealkylation sites (N-methyl/N-ethyl adjacent to an activating group) is 1. The lowest BCUT2D eigenvalue weighted by Gasteiger charge is -2.32. The van der Waals surface area contributed by atoms with Crippen LogP contribution >= 0.6 is 11.8 Å². The zero-order valence-electron chi connectivity index (χ0n) is 13.7. The van der Waals surface area contributed by atoms with Gasteiger partial charge in [-0.15, -0.1) is 0 Å². The highest BCUT2D eigenvalue weighted by molar-refractivity contribution is 7.99. The van der Waals surface area contributed by atoms with Crippen LogP contribution in [0.25, 0.3) is 0 Å². The van der Waals surface area contributed by atoms with Gasteiger partial charge in [0.1, 0.15) is 6.04 Å². The predicted molar refractivity (Wildman–Crippen MR) is 93.7 cm³/mol. The average molecular weight is 332 g/mol. The maximum Gasteiger partial charge on any atom is 0.248 e. The first-order chi connectivity index (χ1) is 11.3. The molecule has 0 radical (unpaired) electrons. The molecule has 0 amide bonds. The van der Waals surface area contributed by atoms with E-state index in [0.29, 0.717) is 11.9 Å². The summed E-state index contributed by atoms with van der Waals surface area (Å²) in [6.45, 7) is 4.22. The van der Waals surface area contributed by atoms with Crippen molar-refractivity contribution in [2.24, 2.45) is 0 Å². The Hall–Kier alpha value is -1.37. The topological polar surface area (TPSA) is 54.2 Å². The Labute approximate surface area is 141 Å². The van der Waals surface area contributed by atoms with Crippen molar-refractivity contribution in [2.45, 2.75) is 25.4 Å². The largest absolute Gasteiger partial charge is 0.337 e. The first-order valence-corrected chi connectivity index (χ1v) is 9.30. The van der Waals surface area contributed by atoms with Gasteiger partial charge in [0.25, 0.3) is 0 Å². The molecule has 0 bridgehead atoms. The fraction of sp³-hybridized carbons (Fsp3) is 0.529. The van der Waals surface area contributed by atoms with Gasteiger partial charge in [-0.2, -0.15) is 16.7 Å². The van der Waals surface area contributed by atoms with Crippen molar-refractivity contribution >= 4 is 11.8 Å². The maximum atomic E-state index is 5.64. The second-order valence-corrected chi connectivity index (χ2v) is 7.13. The monoisotopic (exact) mass is 332 g/mol. The van der Waals surface area contributed by atoms with Gasteiger partial charge in [0.05, 0.1) is 0 Å². The number of rotatable bonds is 6. The molecule has 1 N–H and O–H groups in total. The molecular weight excluding hydrogens is 308 g/mol. The zero-order valence-corrected chi connectivity index (χ0v) is 14.6. The number of benzene rings is 1. The molecule has 3 rings (SSSR count). The Morgan fingerprint density at radius 3 is 2.70 bits per heavy atom. The SMILES string of the molecule is CNC(C)Cc1noc(C(c2ccccc2)N2CCSCC2)n1. The summed E-state index contributed by atoms with van der Waals surface area (Å²) in [5.41, 5.74) is 1.22. The molecule has 124 valence electrons. The van der Waals surface area contributed by atoms with E-state index in [9.17, 15) is 0 Å². The molecule has 1 saturated heterocycles. The molecule has 5 nitrogen and oxygen atoms in total. The molecule has 2 aromatic rings. The Morgan fingerprint density at radius 2 is 2.00 bits per heavy atom. The second-order valence-electron chi connectivity index (χ2n) is 5.90. The van der Waals surface area contributed by atoms with Crippen molar-refractivity contribution in [3.63, 3.8) is 0 Å². The summed E-state index contributed by atoms with van der Waals surface area (Å²) in [5, 5.41) is 7.40. The third-order valence-electron chi connectivity index (χ3n) is 4.23. The van der Waals surface area contributed by atoms with Gasteiger partial charge in [-0.3, -0.25) is 4.90 Å². The maximum absolute atomic E-state index is 5.64. The van der Waals surface area contributed by atoms with Crippen LogP contribution < -0.4 is 5.32 Å². The number of thioether (sulfide) groups is 1. The fourth-order valence-corrected chi connectivity index (χ4v) is 3.75. The quantitative estimate of drug-likeness (QED) is 0.876. The molecule has 2 unspecified atom stereocenters. The van der Waals surface area contributed by atoms with Crippen molar-refractivity contribution in [3.8, 4) is 0 Å². The molecule has 1 aliphatic heterocycles. The Morgan fingerprint density at radius 1 is 1.26 bits per heavy atom. The highest BCUT2D eigenvalue weighted by atomic mass is 32.2. The van der Waals surface area contributed by atoms with Crippen molar-refractivity contribution in [3.05, 3.63) is 47.6 Å². The number of nitrogens with one attached hydrogen (secondary N) is 1. The predicted octanol–water partition coefficient (Wildman–Crippen LogP) is 2.36. The second kappa shape index (κ2) is 7.95. The number of aromatic nitrogens is 2. The van der Waals surface area contributed by atoms with Gasteiger partial charge in [-0.25, -0.2) is 0 Å². The number of hydrogen-bond acceptors (Lipinski definition) is 6. The van der Waals surface area contributed by atoms with Crippen molar-refractivity contribution < 1.29 is 4.52 Å². The van der Waals surface area contributed by atoms with Gasteiger partial charge in [0, 0.05) is 37.1 Å². The molecule has 23 heavy (non-hydrogen) atoms. The van der Waals surface area contributed by atoms with E-state index in [1.165, 1.54) is 5.56 Å². The smallest absolute Gasteiger partial charge is 0.248 e. The van der Waals surface area contributed by atoms with E-state index < -0.39 is 0 Å². The Kier molecular flexibility index (Phi) is 5.70. The first-order valence-electron chi connectivity index (χ1n) is 8.14. The number of nitrogens with zero attached hydrogens (tertiary/aromatic N) is 3. The molecule has 0 spiro atoms. The van der Waals surface area contributed by atoms with Crippen molar-refractivity contribution in [2.75, 3.05) is 31.6 Å². The van der Waals surface area contributed by atoms with Crippen LogP contribution in [0.2, 0.25) is 0 Å². The van der Waals surface area contributed by atoms with Crippen LogP contribution in [0.1, 0.15) is 30.2 Å². The normalized spacial score (nSPS) is 18.7. The highest BCUT2D eigenvalue weighted by Gasteiger charge is 2.29. The molecule has 2 heterocycles. The third kappa shape index (κ3) is 4.13. The summed E-state index contributed by atoms with van der Waals surface area (Å²) in [7, 11) is 1.95. The number of hydrogen-bond donors (Lipinski definition) is 1. The summed E-state index contributed by atoms with van der Waals surface area (Å²) in [5.74, 6) is 3.79. The Bertz CT molecular complexity index is 598. The molecule has 2 atom stereocenters. The molecule has 1 aromatic carbocycles. The van der Waals surface area contributed by atoms with Crippen LogP contribution in [0.15, 0.2) is 34.9 Å². The lowest BCUT2D eigenvalue weighted by atomic mass is 10.1. The fourth-order valence-electron chi connectivity index (χ4n) is 2.82. The summed E-state index contributed by atoms with van der Waals surface area (Å²) < 4.78 is 5.64. The van der Waals surface area contributed by atoms with E-state index in [4.69, 9.17) is 4.52 Å². The summed E-state index contributed by atoms with van der Waals surface area (Å²) >= 11 is 2.01. The van der Waals surface area contributed by atoms with Crippen LogP contribution in [-0.4, -0.2) is 52.7 Å². The van der Waals surface area contributed by atoms with Gasteiger partial charge in [-0.05, 0) is 19.5 Å². The van der Waals surface area contributed by atoms with Crippen molar-refractivity contribution in [1.82, 2.24) is 20.4 Å². The third-order valence-corrected chi connectivity index (χ3v) is 5.17. The van der Waals surface area contributed by atoms with Crippen molar-refractivity contribution in [1.29, 1.82) is 0 Å². The van der Waals surface area contributed by atoms with E-state index in [1.54, 1.807) is 0 Å². The minimum Gasteiger partial charge on any atom is -0.337 e. The molecule has 1 aliphatic rings. The van der Waals surface area contributed by atoms with E-state index in [1.807, 2.05) is 24.9 Å². The molecule has 1 aromatic heterocycles. The lowest BCUT2D eigenvalue weighted by molar-refractivity contribution is 0.204. The van der Waals surface area contributed by atoms with Gasteiger partial charge >= 0.3 is 0 Å². The van der Waals surface area contributed by atoms with Crippen LogP contribution in [0.4, 0.5) is 0 Å². The average Bonchev–Trinajstić information content (AvgIpc) is 3.05. The minimum absolute atomic E-state index is 0.0586. The molecule has 1 fully saturated rings. The molecule has 6 heteroatoms. The summed E-state index contributed by atoms with van der Waals surface area (Å²) in [6, 6.07) is 10.9. The molecule has 0 aliphatic carbocycles. The van der Waals surface area contributed by atoms with Crippen LogP contribution in [0.3, 0.4) is 0 Å². The van der Waals surface area contributed by atoms with Gasteiger partial charge in [0.2, 0.25) is 5.89 Å². The summed E-state index contributed by atoms with van der Waals surface area (Å²) in [6.07, 6.45) is 0.775.